The molecule has 0 aromatic rings. The molecule has 2 aliphatic rings. The summed E-state index contributed by atoms with van der Waals surface area (Å²) in [5, 5.41) is 3.32. The van der Waals surface area contributed by atoms with Crippen LogP contribution in [0.4, 0.5) is 0 Å². The number of carbonyl (C=O) groups is 1. The molecule has 2 rings (SSSR count). The zero-order valence-corrected chi connectivity index (χ0v) is 10.2. The van der Waals surface area contributed by atoms with E-state index >= 15 is 0 Å². The Hall–Kier alpha value is -0.570. The second-order valence-corrected chi connectivity index (χ2v) is 5.12. The highest BCUT2D eigenvalue weighted by molar-refractivity contribution is 5.76. The van der Waals surface area contributed by atoms with Gasteiger partial charge in [-0.1, -0.05) is 26.2 Å². The molecule has 92 valence electrons. The lowest BCUT2D eigenvalue weighted by Crippen LogP contribution is -2.37. The summed E-state index contributed by atoms with van der Waals surface area (Å²) in [6, 6.07) is -0.00544. The lowest BCUT2D eigenvalue weighted by Gasteiger charge is -2.16. The number of rotatable bonds is 5. The smallest absolute Gasteiger partial charge is 0.323 e. The number of esters is 1. The molecule has 0 bridgehead atoms. The van der Waals surface area contributed by atoms with Gasteiger partial charge < -0.3 is 10.1 Å². The highest BCUT2D eigenvalue weighted by atomic mass is 16.5. The van der Waals surface area contributed by atoms with Gasteiger partial charge >= 0.3 is 5.97 Å². The summed E-state index contributed by atoms with van der Waals surface area (Å²) in [4.78, 5) is 11.9. The molecule has 0 spiro atoms. The van der Waals surface area contributed by atoms with E-state index in [-0.39, 0.29) is 12.0 Å². The first-order valence-corrected chi connectivity index (χ1v) is 6.73. The first-order valence-electron chi connectivity index (χ1n) is 6.73. The van der Waals surface area contributed by atoms with E-state index in [0.29, 0.717) is 12.5 Å². The van der Waals surface area contributed by atoms with Crippen molar-refractivity contribution in [1.29, 1.82) is 0 Å². The predicted octanol–water partition coefficient (Wildman–Crippen LogP) is 2.11. The number of nitrogens with one attached hydrogen (secondary N) is 1. The van der Waals surface area contributed by atoms with Crippen molar-refractivity contribution in [2.24, 2.45) is 11.8 Å². The molecular weight excluding hydrogens is 202 g/mol. The molecule has 1 heterocycles. The van der Waals surface area contributed by atoms with Gasteiger partial charge in [0.05, 0.1) is 6.61 Å². The molecule has 3 atom stereocenters. The van der Waals surface area contributed by atoms with E-state index in [0.717, 1.165) is 25.3 Å². The molecule has 1 saturated carbocycles. The Morgan fingerprint density at radius 3 is 3.06 bits per heavy atom. The van der Waals surface area contributed by atoms with Crippen LogP contribution in [0.2, 0.25) is 0 Å². The number of carbonyl (C=O) groups excluding carboxylic acids is 1. The third-order valence-electron chi connectivity index (χ3n) is 3.99. The monoisotopic (exact) mass is 225 g/mol. The first-order chi connectivity index (χ1) is 7.83. The second kappa shape index (κ2) is 5.67. The summed E-state index contributed by atoms with van der Waals surface area (Å²) >= 11 is 0. The first kappa shape index (κ1) is 11.9. The van der Waals surface area contributed by atoms with Gasteiger partial charge in [-0.2, -0.15) is 0 Å². The van der Waals surface area contributed by atoms with Gasteiger partial charge in [-0.15, -0.1) is 0 Å². The minimum atomic E-state index is -0.00879. The largest absolute Gasteiger partial charge is 0.465 e. The van der Waals surface area contributed by atoms with Gasteiger partial charge in [0.25, 0.3) is 0 Å². The summed E-state index contributed by atoms with van der Waals surface area (Å²) in [7, 11) is 0. The molecule has 0 amide bonds. The van der Waals surface area contributed by atoms with Crippen molar-refractivity contribution in [3.05, 3.63) is 0 Å². The van der Waals surface area contributed by atoms with Crippen LogP contribution < -0.4 is 5.32 Å². The molecule has 1 aliphatic carbocycles. The van der Waals surface area contributed by atoms with Crippen LogP contribution in [0.25, 0.3) is 0 Å². The van der Waals surface area contributed by atoms with Crippen LogP contribution in [-0.4, -0.2) is 25.2 Å². The van der Waals surface area contributed by atoms with Gasteiger partial charge in [0, 0.05) is 0 Å². The van der Waals surface area contributed by atoms with Crippen LogP contribution in [0.3, 0.4) is 0 Å². The number of unbranched alkanes of at least 4 members (excludes halogenated alkanes) is 2. The van der Waals surface area contributed by atoms with E-state index in [2.05, 4.69) is 12.2 Å². The Morgan fingerprint density at radius 2 is 2.25 bits per heavy atom. The summed E-state index contributed by atoms with van der Waals surface area (Å²) < 4.78 is 5.33. The fourth-order valence-corrected chi connectivity index (χ4v) is 3.06. The predicted molar refractivity (Wildman–Crippen MR) is 63.1 cm³/mol. The van der Waals surface area contributed by atoms with Gasteiger partial charge in [0.15, 0.2) is 0 Å². The molecule has 16 heavy (non-hydrogen) atoms. The van der Waals surface area contributed by atoms with Gasteiger partial charge in [-0.25, -0.2) is 0 Å². The van der Waals surface area contributed by atoms with Crippen molar-refractivity contribution in [1.82, 2.24) is 5.32 Å². The second-order valence-electron chi connectivity index (χ2n) is 5.12. The van der Waals surface area contributed by atoms with E-state index in [4.69, 9.17) is 4.74 Å². The van der Waals surface area contributed by atoms with Crippen molar-refractivity contribution in [2.45, 2.75) is 51.5 Å². The Labute approximate surface area is 97.9 Å². The fourth-order valence-electron chi connectivity index (χ4n) is 3.06. The van der Waals surface area contributed by atoms with E-state index in [1.807, 2.05) is 0 Å². The minimum Gasteiger partial charge on any atom is -0.465 e. The van der Waals surface area contributed by atoms with Crippen LogP contribution in [0.5, 0.6) is 0 Å². The minimum absolute atomic E-state index is 0.00544. The van der Waals surface area contributed by atoms with Crippen LogP contribution in [0.15, 0.2) is 0 Å². The quantitative estimate of drug-likeness (QED) is 0.575. The molecule has 1 saturated heterocycles. The lowest BCUT2D eigenvalue weighted by molar-refractivity contribution is -0.147. The molecule has 3 nitrogen and oxygen atoms in total. The SMILES string of the molecule is CCCCCOC(=O)C1NCC2CCCC21. The van der Waals surface area contributed by atoms with Crippen molar-refractivity contribution in [3.63, 3.8) is 0 Å². The number of fused-ring (bicyclic) bond motifs is 1. The standard InChI is InChI=1S/C13H23NO2/c1-2-3-4-8-16-13(15)12-11-7-5-6-10(11)9-14-12/h10-12,14H,2-9H2,1H3. The van der Waals surface area contributed by atoms with Gasteiger partial charge in [0.1, 0.15) is 6.04 Å². The maximum Gasteiger partial charge on any atom is 0.323 e. The number of hydrogen-bond acceptors (Lipinski definition) is 3. The number of ether oxygens (including phenoxy) is 1. The Balaban J connectivity index is 1.72. The summed E-state index contributed by atoms with van der Waals surface area (Å²) in [6.07, 6.45) is 7.10. The Kier molecular flexibility index (Phi) is 4.22. The summed E-state index contributed by atoms with van der Waals surface area (Å²) in [6.45, 7) is 3.77. The zero-order valence-electron chi connectivity index (χ0n) is 10.2. The molecule has 3 heteroatoms. The van der Waals surface area contributed by atoms with E-state index < -0.39 is 0 Å². The average molecular weight is 225 g/mol. The van der Waals surface area contributed by atoms with E-state index in [1.54, 1.807) is 0 Å². The van der Waals surface area contributed by atoms with Gasteiger partial charge in [0.2, 0.25) is 0 Å². The normalized spacial score (nSPS) is 32.7. The highest BCUT2D eigenvalue weighted by Crippen LogP contribution is 2.37. The molecular formula is C13H23NO2. The average Bonchev–Trinajstić information content (AvgIpc) is 2.85. The van der Waals surface area contributed by atoms with Crippen molar-refractivity contribution in [3.8, 4) is 0 Å². The van der Waals surface area contributed by atoms with Gasteiger partial charge in [-0.05, 0) is 37.6 Å². The Bertz CT molecular complexity index is 242. The topological polar surface area (TPSA) is 38.3 Å². The third-order valence-corrected chi connectivity index (χ3v) is 3.99. The van der Waals surface area contributed by atoms with Crippen LogP contribution >= 0.6 is 0 Å². The lowest BCUT2D eigenvalue weighted by atomic mass is 9.94. The van der Waals surface area contributed by atoms with Gasteiger partial charge in [-0.3, -0.25) is 4.79 Å². The third kappa shape index (κ3) is 2.57. The van der Waals surface area contributed by atoms with Crippen molar-refractivity contribution in [2.75, 3.05) is 13.2 Å². The molecule has 1 N–H and O–H groups in total. The van der Waals surface area contributed by atoms with Crippen LogP contribution in [0.1, 0.15) is 45.4 Å². The molecule has 2 fully saturated rings. The Morgan fingerprint density at radius 1 is 1.38 bits per heavy atom. The van der Waals surface area contributed by atoms with E-state index in [1.165, 1.54) is 25.7 Å². The molecule has 3 unspecified atom stereocenters. The molecule has 0 aromatic carbocycles. The zero-order chi connectivity index (χ0) is 11.4. The maximum absolute atomic E-state index is 11.9. The molecule has 1 aliphatic heterocycles. The van der Waals surface area contributed by atoms with Crippen molar-refractivity contribution >= 4 is 5.97 Å². The van der Waals surface area contributed by atoms with Crippen molar-refractivity contribution < 1.29 is 9.53 Å². The molecule has 0 aromatic heterocycles. The molecule has 0 radical (unpaired) electrons. The summed E-state index contributed by atoms with van der Waals surface area (Å²) in [5.41, 5.74) is 0. The van der Waals surface area contributed by atoms with Crippen LogP contribution in [-0.2, 0) is 9.53 Å². The van der Waals surface area contributed by atoms with E-state index in [9.17, 15) is 4.79 Å². The number of hydrogen-bond donors (Lipinski definition) is 1. The highest BCUT2D eigenvalue weighted by Gasteiger charge is 2.43. The summed E-state index contributed by atoms with van der Waals surface area (Å²) in [5.74, 6) is 1.28. The van der Waals surface area contributed by atoms with Crippen LogP contribution in [0, 0.1) is 11.8 Å². The maximum atomic E-state index is 11.9. The fraction of sp³-hybridized carbons (Fsp3) is 0.923.